The third-order valence-corrected chi connectivity index (χ3v) is 2.62. The van der Waals surface area contributed by atoms with Crippen molar-refractivity contribution in [2.75, 3.05) is 0 Å². The van der Waals surface area contributed by atoms with E-state index in [4.69, 9.17) is 0 Å². The lowest BCUT2D eigenvalue weighted by atomic mass is 10.0. The molecule has 0 unspecified atom stereocenters. The molecule has 0 saturated heterocycles. The first-order valence-electron chi connectivity index (χ1n) is 5.04. The van der Waals surface area contributed by atoms with Crippen molar-refractivity contribution in [2.45, 2.75) is 20.3 Å². The first-order valence-corrected chi connectivity index (χ1v) is 5.04. The van der Waals surface area contributed by atoms with E-state index >= 15 is 0 Å². The molecule has 1 aromatic carbocycles. The lowest BCUT2D eigenvalue weighted by Crippen LogP contribution is -1.98. The van der Waals surface area contributed by atoms with Gasteiger partial charge in [-0.3, -0.25) is 0 Å². The van der Waals surface area contributed by atoms with Crippen molar-refractivity contribution in [2.24, 2.45) is 0 Å². The minimum Gasteiger partial charge on any atom is -0.324 e. The van der Waals surface area contributed by atoms with Crippen molar-refractivity contribution in [3.05, 3.63) is 53.9 Å². The molecule has 2 rings (SSSR count). The molecule has 0 spiro atoms. The first kappa shape index (κ1) is 9.07. The van der Waals surface area contributed by atoms with Crippen LogP contribution in [-0.4, -0.2) is 4.57 Å². The van der Waals surface area contributed by atoms with E-state index in [0.717, 1.165) is 6.42 Å². The topological polar surface area (TPSA) is 4.93 Å². The lowest BCUT2D eigenvalue weighted by Gasteiger charge is -2.11. The Hall–Kier alpha value is -1.50. The summed E-state index contributed by atoms with van der Waals surface area (Å²) in [6.07, 6.45) is 5.27. The van der Waals surface area contributed by atoms with Gasteiger partial charge < -0.3 is 4.57 Å². The molecule has 0 aliphatic rings. The Kier molecular flexibility index (Phi) is 2.40. The van der Waals surface area contributed by atoms with E-state index in [1.54, 1.807) is 0 Å². The molecular formula is C13H15N. The summed E-state index contributed by atoms with van der Waals surface area (Å²) in [7, 11) is 0. The number of benzene rings is 1. The summed E-state index contributed by atoms with van der Waals surface area (Å²) in [6, 6.07) is 10.6. The van der Waals surface area contributed by atoms with Crippen molar-refractivity contribution in [1.82, 2.24) is 4.57 Å². The SMILES string of the molecule is CCc1c(C)cccc1-n1cccc1. The van der Waals surface area contributed by atoms with Gasteiger partial charge in [-0.1, -0.05) is 19.1 Å². The summed E-state index contributed by atoms with van der Waals surface area (Å²) < 4.78 is 2.17. The molecule has 14 heavy (non-hydrogen) atoms. The summed E-state index contributed by atoms with van der Waals surface area (Å²) in [5.41, 5.74) is 4.11. The van der Waals surface area contributed by atoms with Crippen LogP contribution in [-0.2, 0) is 6.42 Å². The van der Waals surface area contributed by atoms with Crippen LogP contribution in [0.4, 0.5) is 0 Å². The molecule has 0 amide bonds. The summed E-state index contributed by atoms with van der Waals surface area (Å²) in [4.78, 5) is 0. The lowest BCUT2D eigenvalue weighted by molar-refractivity contribution is 1.00. The van der Waals surface area contributed by atoms with Gasteiger partial charge >= 0.3 is 0 Å². The zero-order chi connectivity index (χ0) is 9.97. The van der Waals surface area contributed by atoms with E-state index in [1.165, 1.54) is 16.8 Å². The largest absolute Gasteiger partial charge is 0.324 e. The van der Waals surface area contributed by atoms with Crippen LogP contribution in [0.3, 0.4) is 0 Å². The predicted octanol–water partition coefficient (Wildman–Crippen LogP) is 3.35. The second-order valence-electron chi connectivity index (χ2n) is 3.52. The Morgan fingerprint density at radius 2 is 1.79 bits per heavy atom. The van der Waals surface area contributed by atoms with Gasteiger partial charge in [0.05, 0.1) is 0 Å². The Labute approximate surface area is 85.0 Å². The molecule has 0 aliphatic heterocycles. The summed E-state index contributed by atoms with van der Waals surface area (Å²) in [6.45, 7) is 4.38. The third-order valence-electron chi connectivity index (χ3n) is 2.62. The predicted molar refractivity (Wildman–Crippen MR) is 59.9 cm³/mol. The molecular weight excluding hydrogens is 170 g/mol. The van der Waals surface area contributed by atoms with Crippen molar-refractivity contribution in [3.8, 4) is 5.69 Å². The number of aryl methyl sites for hydroxylation is 1. The van der Waals surface area contributed by atoms with Crippen molar-refractivity contribution in [3.63, 3.8) is 0 Å². The number of aromatic nitrogens is 1. The second kappa shape index (κ2) is 3.70. The van der Waals surface area contributed by atoms with Crippen LogP contribution < -0.4 is 0 Å². The molecule has 72 valence electrons. The fourth-order valence-electron chi connectivity index (χ4n) is 1.88. The van der Waals surface area contributed by atoms with Crippen LogP contribution in [0, 0.1) is 6.92 Å². The first-order chi connectivity index (χ1) is 6.83. The zero-order valence-corrected chi connectivity index (χ0v) is 8.70. The molecule has 0 atom stereocenters. The highest BCUT2D eigenvalue weighted by Gasteiger charge is 2.03. The van der Waals surface area contributed by atoms with Gasteiger partial charge in [0.1, 0.15) is 0 Å². The fraction of sp³-hybridized carbons (Fsp3) is 0.231. The number of hydrogen-bond acceptors (Lipinski definition) is 0. The molecule has 0 aliphatic carbocycles. The van der Waals surface area contributed by atoms with Crippen LogP contribution in [0.2, 0.25) is 0 Å². The number of rotatable bonds is 2. The van der Waals surface area contributed by atoms with E-state index in [-0.39, 0.29) is 0 Å². The molecule has 0 bridgehead atoms. The quantitative estimate of drug-likeness (QED) is 0.676. The minimum atomic E-state index is 1.08. The van der Waals surface area contributed by atoms with Crippen molar-refractivity contribution in [1.29, 1.82) is 0 Å². The average molecular weight is 185 g/mol. The maximum absolute atomic E-state index is 2.20. The molecule has 1 heteroatoms. The second-order valence-corrected chi connectivity index (χ2v) is 3.52. The smallest absolute Gasteiger partial charge is 0.0483 e. The van der Waals surface area contributed by atoms with Crippen molar-refractivity contribution < 1.29 is 0 Å². The highest BCUT2D eigenvalue weighted by molar-refractivity contribution is 5.45. The van der Waals surface area contributed by atoms with Crippen LogP contribution in [0.15, 0.2) is 42.7 Å². The van der Waals surface area contributed by atoms with Gasteiger partial charge in [-0.25, -0.2) is 0 Å². The maximum atomic E-state index is 2.20. The number of hydrogen-bond donors (Lipinski definition) is 0. The molecule has 2 aromatic rings. The van der Waals surface area contributed by atoms with E-state index in [2.05, 4.69) is 61.1 Å². The Bertz CT molecular complexity index is 413. The standard InChI is InChI=1S/C13H15N/c1-3-12-11(2)7-6-8-13(12)14-9-4-5-10-14/h4-10H,3H2,1-2H3. The summed E-state index contributed by atoms with van der Waals surface area (Å²) in [5.74, 6) is 0. The van der Waals surface area contributed by atoms with Crippen LogP contribution in [0.25, 0.3) is 5.69 Å². The third kappa shape index (κ3) is 1.46. The maximum Gasteiger partial charge on any atom is 0.0483 e. The highest BCUT2D eigenvalue weighted by Crippen LogP contribution is 2.18. The van der Waals surface area contributed by atoms with Gasteiger partial charge in [0, 0.05) is 18.1 Å². The van der Waals surface area contributed by atoms with Gasteiger partial charge in [0.2, 0.25) is 0 Å². The van der Waals surface area contributed by atoms with E-state index in [1.807, 2.05) is 0 Å². The normalized spacial score (nSPS) is 10.4. The van der Waals surface area contributed by atoms with Gasteiger partial charge in [-0.15, -0.1) is 0 Å². The molecule has 1 heterocycles. The van der Waals surface area contributed by atoms with Gasteiger partial charge in [-0.05, 0) is 42.7 Å². The summed E-state index contributed by atoms with van der Waals surface area (Å²) in [5, 5.41) is 0. The van der Waals surface area contributed by atoms with Crippen molar-refractivity contribution >= 4 is 0 Å². The van der Waals surface area contributed by atoms with E-state index in [9.17, 15) is 0 Å². The van der Waals surface area contributed by atoms with Gasteiger partial charge in [0.25, 0.3) is 0 Å². The Morgan fingerprint density at radius 3 is 2.43 bits per heavy atom. The zero-order valence-electron chi connectivity index (χ0n) is 8.70. The van der Waals surface area contributed by atoms with Crippen LogP contribution in [0.1, 0.15) is 18.1 Å². The Balaban J connectivity index is 2.58. The number of nitrogens with zero attached hydrogens (tertiary/aromatic N) is 1. The van der Waals surface area contributed by atoms with Gasteiger partial charge in [-0.2, -0.15) is 0 Å². The highest BCUT2D eigenvalue weighted by atomic mass is 14.9. The molecule has 0 N–H and O–H groups in total. The fourth-order valence-corrected chi connectivity index (χ4v) is 1.88. The van der Waals surface area contributed by atoms with Crippen LogP contribution >= 0.6 is 0 Å². The Morgan fingerprint density at radius 1 is 1.07 bits per heavy atom. The van der Waals surface area contributed by atoms with Gasteiger partial charge in [0.15, 0.2) is 0 Å². The molecule has 1 nitrogen and oxygen atoms in total. The average Bonchev–Trinajstić information content (AvgIpc) is 2.70. The monoisotopic (exact) mass is 185 g/mol. The summed E-state index contributed by atoms with van der Waals surface area (Å²) >= 11 is 0. The molecule has 1 aromatic heterocycles. The molecule has 0 saturated carbocycles. The molecule has 0 radical (unpaired) electrons. The minimum absolute atomic E-state index is 1.08. The van der Waals surface area contributed by atoms with E-state index < -0.39 is 0 Å². The van der Waals surface area contributed by atoms with Crippen LogP contribution in [0.5, 0.6) is 0 Å². The molecule has 0 fully saturated rings. The van der Waals surface area contributed by atoms with E-state index in [0.29, 0.717) is 0 Å².